The molecule has 4 unspecified atom stereocenters. The highest BCUT2D eigenvalue weighted by Gasteiger charge is 2.89. The van der Waals surface area contributed by atoms with E-state index >= 15 is 0 Å². The molecule has 20 heavy (non-hydrogen) atoms. The van der Waals surface area contributed by atoms with Gasteiger partial charge in [-0.15, -0.1) is 0 Å². The molecule has 1 aromatic carbocycles. The number of hydrogen-bond donors (Lipinski definition) is 0. The fraction of sp³-hybridized carbons (Fsp3) is 0.556. The zero-order chi connectivity index (χ0) is 14.5. The SMILES string of the molecule is CC1=C(C)C2(C)P3N(C)[C@H](c4ccccc4)C1(C)C32C. The van der Waals surface area contributed by atoms with E-state index in [4.69, 9.17) is 0 Å². The molecule has 0 amide bonds. The van der Waals surface area contributed by atoms with E-state index in [2.05, 4.69) is 76.7 Å². The summed E-state index contributed by atoms with van der Waals surface area (Å²) in [5.41, 5.74) is 5.12. The van der Waals surface area contributed by atoms with E-state index in [9.17, 15) is 0 Å². The van der Waals surface area contributed by atoms with Crippen LogP contribution in [0.25, 0.3) is 0 Å². The van der Waals surface area contributed by atoms with Crippen LogP contribution in [0.4, 0.5) is 0 Å². The van der Waals surface area contributed by atoms with Crippen LogP contribution in [0.2, 0.25) is 0 Å². The smallest absolute Gasteiger partial charge is 0.0482 e. The predicted octanol–water partition coefficient (Wildman–Crippen LogP) is 4.96. The fourth-order valence-electron chi connectivity index (χ4n) is 5.74. The monoisotopic (exact) mass is 285 g/mol. The molecule has 0 saturated carbocycles. The van der Waals surface area contributed by atoms with Gasteiger partial charge in [-0.25, -0.2) is 0 Å². The highest BCUT2D eigenvalue weighted by Crippen LogP contribution is 3.01. The minimum Gasteiger partial charge on any atom is -0.276 e. The number of rotatable bonds is 1. The molecule has 3 aliphatic rings. The van der Waals surface area contributed by atoms with E-state index in [1.165, 1.54) is 5.56 Å². The van der Waals surface area contributed by atoms with Crippen LogP contribution in [0.15, 0.2) is 41.5 Å². The van der Waals surface area contributed by atoms with E-state index in [0.717, 1.165) is 0 Å². The number of benzene rings is 1. The third kappa shape index (κ3) is 0.964. The summed E-state index contributed by atoms with van der Waals surface area (Å²) in [6.45, 7) is 12.4. The molecule has 2 heterocycles. The Kier molecular flexibility index (Phi) is 2.21. The van der Waals surface area contributed by atoms with Gasteiger partial charge in [0, 0.05) is 21.8 Å². The first-order valence-electron chi connectivity index (χ1n) is 7.59. The van der Waals surface area contributed by atoms with Gasteiger partial charge in [0.05, 0.1) is 0 Å². The van der Waals surface area contributed by atoms with E-state index in [1.807, 2.05) is 0 Å². The Labute approximate surface area is 123 Å². The molecule has 2 fully saturated rings. The molecule has 106 valence electrons. The van der Waals surface area contributed by atoms with E-state index < -0.39 is 0 Å². The number of allylic oxidation sites excluding steroid dienone is 1. The first-order valence-corrected chi connectivity index (χ1v) is 8.89. The zero-order valence-electron chi connectivity index (χ0n) is 13.4. The highest BCUT2D eigenvalue weighted by molar-refractivity contribution is 7.68. The van der Waals surface area contributed by atoms with Crippen LogP contribution in [0, 0.1) is 5.41 Å². The normalized spacial score (nSPS) is 49.7. The third-order valence-electron chi connectivity index (χ3n) is 7.18. The van der Waals surface area contributed by atoms with E-state index in [0.29, 0.717) is 21.8 Å². The van der Waals surface area contributed by atoms with Crippen molar-refractivity contribution in [3.8, 4) is 0 Å². The Morgan fingerprint density at radius 1 is 1.00 bits per heavy atom. The highest BCUT2D eigenvalue weighted by atomic mass is 31.1. The molecule has 0 aromatic heterocycles. The molecule has 5 atom stereocenters. The van der Waals surface area contributed by atoms with Crippen molar-refractivity contribution < 1.29 is 0 Å². The van der Waals surface area contributed by atoms with Crippen molar-refractivity contribution >= 4 is 8.07 Å². The van der Waals surface area contributed by atoms with Crippen LogP contribution in [-0.2, 0) is 0 Å². The number of hydrogen-bond acceptors (Lipinski definition) is 1. The van der Waals surface area contributed by atoms with Gasteiger partial charge in [0.25, 0.3) is 0 Å². The molecule has 4 rings (SSSR count). The van der Waals surface area contributed by atoms with Gasteiger partial charge < -0.3 is 0 Å². The van der Waals surface area contributed by atoms with Gasteiger partial charge in [0.15, 0.2) is 0 Å². The maximum atomic E-state index is 2.73. The Bertz CT molecular complexity index is 636. The first kappa shape index (κ1) is 13.0. The average Bonchev–Trinajstić information content (AvgIpc) is 2.86. The van der Waals surface area contributed by atoms with Crippen molar-refractivity contribution in [2.45, 2.75) is 51.0 Å². The summed E-state index contributed by atoms with van der Waals surface area (Å²) in [6, 6.07) is 11.7. The maximum Gasteiger partial charge on any atom is 0.0482 e. The van der Waals surface area contributed by atoms with Crippen LogP contribution < -0.4 is 0 Å². The zero-order valence-corrected chi connectivity index (χ0v) is 14.3. The third-order valence-corrected chi connectivity index (χ3v) is 11.2. The Balaban J connectivity index is 1.95. The molecule has 2 saturated heterocycles. The molecular weight excluding hydrogens is 261 g/mol. The minimum absolute atomic E-state index is 0.0395. The maximum absolute atomic E-state index is 2.73. The van der Waals surface area contributed by atoms with Crippen molar-refractivity contribution in [2.75, 3.05) is 7.05 Å². The van der Waals surface area contributed by atoms with Gasteiger partial charge >= 0.3 is 0 Å². The first-order chi connectivity index (χ1) is 9.33. The van der Waals surface area contributed by atoms with Crippen molar-refractivity contribution in [1.29, 1.82) is 0 Å². The number of fused-ring (bicyclic) bond motifs is 1. The fourth-order valence-corrected chi connectivity index (χ4v) is 10.5. The van der Waals surface area contributed by atoms with Gasteiger partial charge in [-0.2, -0.15) is 0 Å². The Morgan fingerprint density at radius 3 is 2.20 bits per heavy atom. The van der Waals surface area contributed by atoms with Crippen LogP contribution in [0.1, 0.15) is 46.2 Å². The lowest BCUT2D eigenvalue weighted by atomic mass is 9.67. The van der Waals surface area contributed by atoms with Gasteiger partial charge in [-0.3, -0.25) is 4.67 Å². The standard InChI is InChI=1S/C18H24NP/c1-12-13(2)17(4)18(5)16(12,3)15(19(6)20(17)18)14-10-8-7-9-11-14/h7-11,15H,1-6H3/t15-,16?,17?,18?,20?/m1/s1. The van der Waals surface area contributed by atoms with Crippen molar-refractivity contribution in [2.24, 2.45) is 5.41 Å². The molecule has 1 aliphatic carbocycles. The van der Waals surface area contributed by atoms with E-state index in [-0.39, 0.29) is 8.07 Å². The summed E-state index contributed by atoms with van der Waals surface area (Å²) >= 11 is 0. The summed E-state index contributed by atoms with van der Waals surface area (Å²) < 4.78 is 2.73. The summed E-state index contributed by atoms with van der Waals surface area (Å²) in [7, 11) is 2.33. The largest absolute Gasteiger partial charge is 0.276 e. The van der Waals surface area contributed by atoms with Gasteiger partial charge in [-0.05, 0) is 41.5 Å². The molecule has 0 N–H and O–H groups in total. The quantitative estimate of drug-likeness (QED) is 0.521. The van der Waals surface area contributed by atoms with Gasteiger partial charge in [-0.1, -0.05) is 55.3 Å². The van der Waals surface area contributed by atoms with E-state index in [1.54, 1.807) is 11.1 Å². The van der Waals surface area contributed by atoms with Gasteiger partial charge in [0.1, 0.15) is 0 Å². The molecule has 0 radical (unpaired) electrons. The second-order valence-corrected chi connectivity index (χ2v) is 10.3. The molecule has 1 nitrogen and oxygen atoms in total. The van der Waals surface area contributed by atoms with Crippen LogP contribution in [-0.4, -0.2) is 22.0 Å². The molecule has 2 aliphatic heterocycles. The summed E-state index contributed by atoms with van der Waals surface area (Å²) in [5.74, 6) is 0. The second kappa shape index (κ2) is 3.39. The lowest BCUT2D eigenvalue weighted by Gasteiger charge is -2.40. The molecule has 1 aromatic rings. The van der Waals surface area contributed by atoms with Crippen LogP contribution >= 0.6 is 8.07 Å². The van der Waals surface area contributed by atoms with Gasteiger partial charge in [0.2, 0.25) is 0 Å². The summed E-state index contributed by atoms with van der Waals surface area (Å²) in [4.78, 5) is 0. The lowest BCUT2D eigenvalue weighted by Crippen LogP contribution is -2.40. The van der Waals surface area contributed by atoms with Crippen molar-refractivity contribution in [1.82, 2.24) is 4.67 Å². The second-order valence-electron chi connectivity index (χ2n) is 7.30. The topological polar surface area (TPSA) is 3.24 Å². The van der Waals surface area contributed by atoms with Crippen LogP contribution in [0.3, 0.4) is 0 Å². The predicted molar refractivity (Wildman–Crippen MR) is 87.2 cm³/mol. The number of nitrogens with zero attached hydrogens (tertiary/aromatic N) is 1. The van der Waals surface area contributed by atoms with Crippen molar-refractivity contribution in [3.05, 3.63) is 47.0 Å². The minimum atomic E-state index is -0.0395. The summed E-state index contributed by atoms with van der Waals surface area (Å²) in [6.07, 6.45) is 0. The lowest BCUT2D eigenvalue weighted by molar-refractivity contribution is 0.200. The Morgan fingerprint density at radius 2 is 1.60 bits per heavy atom. The molecular formula is C18H24NP. The summed E-state index contributed by atoms with van der Waals surface area (Å²) in [5, 5.41) is 0.931. The van der Waals surface area contributed by atoms with Crippen LogP contribution in [0.5, 0.6) is 0 Å². The van der Waals surface area contributed by atoms with Crippen molar-refractivity contribution in [3.63, 3.8) is 0 Å². The average molecular weight is 285 g/mol. The molecule has 0 bridgehead atoms. The molecule has 0 spiro atoms. The Hall–Kier alpha value is -0.650. The molecule has 2 heteroatoms.